The van der Waals surface area contributed by atoms with Crippen LogP contribution in [0.3, 0.4) is 0 Å². The Hall–Kier alpha value is -0.910. The number of sulfone groups is 1. The summed E-state index contributed by atoms with van der Waals surface area (Å²) >= 11 is 0. The smallest absolute Gasteiger partial charge is 0.178 e. The fourth-order valence-electron chi connectivity index (χ4n) is 2.98. The van der Waals surface area contributed by atoms with Gasteiger partial charge in [0.15, 0.2) is 9.84 Å². The highest BCUT2D eigenvalue weighted by molar-refractivity contribution is 7.91. The molecule has 0 saturated heterocycles. The van der Waals surface area contributed by atoms with Crippen molar-refractivity contribution in [2.75, 3.05) is 12.3 Å². The molecule has 0 radical (unpaired) electrons. The van der Waals surface area contributed by atoms with Crippen molar-refractivity contribution in [3.05, 3.63) is 29.8 Å². The summed E-state index contributed by atoms with van der Waals surface area (Å²) in [6.45, 7) is 0.857. The number of aliphatic hydroxyl groups excluding tert-OH is 1. The molecule has 1 saturated carbocycles. The van der Waals surface area contributed by atoms with E-state index in [1.165, 1.54) is 0 Å². The molecule has 0 aromatic heterocycles. The van der Waals surface area contributed by atoms with Gasteiger partial charge in [-0.15, -0.1) is 0 Å². The number of aliphatic hydroxyl groups is 1. The number of hydrogen-bond donors (Lipinski definition) is 2. The molecule has 0 amide bonds. The quantitative estimate of drug-likeness (QED) is 0.875. The minimum absolute atomic E-state index is 0.123. The summed E-state index contributed by atoms with van der Waals surface area (Å²) < 4.78 is 24.0. The van der Waals surface area contributed by atoms with Crippen molar-refractivity contribution in [2.24, 2.45) is 5.92 Å². The first-order valence-corrected chi connectivity index (χ1v) is 8.44. The Balaban J connectivity index is 1.73. The van der Waals surface area contributed by atoms with Crippen LogP contribution >= 0.6 is 0 Å². The van der Waals surface area contributed by atoms with Gasteiger partial charge in [0, 0.05) is 6.04 Å². The molecular weight excluding hydrogens is 262 g/mol. The van der Waals surface area contributed by atoms with Gasteiger partial charge >= 0.3 is 0 Å². The number of fused-ring (bicyclic) bond motifs is 1. The molecule has 1 atom stereocenters. The lowest BCUT2D eigenvalue weighted by Gasteiger charge is -2.34. The minimum Gasteiger partial charge on any atom is -0.393 e. The molecule has 1 fully saturated rings. The average molecular weight is 281 g/mol. The summed E-state index contributed by atoms with van der Waals surface area (Å²) in [4.78, 5) is 0.479. The van der Waals surface area contributed by atoms with Gasteiger partial charge in [-0.25, -0.2) is 8.42 Å². The fourth-order valence-corrected chi connectivity index (χ4v) is 4.60. The van der Waals surface area contributed by atoms with E-state index in [4.69, 9.17) is 0 Å². The first-order valence-electron chi connectivity index (χ1n) is 6.79. The number of hydrogen-bond acceptors (Lipinski definition) is 4. The maximum atomic E-state index is 12.0. The van der Waals surface area contributed by atoms with E-state index in [2.05, 4.69) is 5.32 Å². The van der Waals surface area contributed by atoms with Gasteiger partial charge in [0.2, 0.25) is 0 Å². The Bertz CT molecular complexity index is 564. The molecule has 0 bridgehead atoms. The van der Waals surface area contributed by atoms with E-state index < -0.39 is 9.84 Å². The molecule has 104 valence electrons. The Kier molecular flexibility index (Phi) is 3.37. The third-order valence-corrected chi connectivity index (χ3v) is 5.98. The van der Waals surface area contributed by atoms with Crippen LogP contribution in [0.4, 0.5) is 0 Å². The highest BCUT2D eigenvalue weighted by Crippen LogP contribution is 2.33. The summed E-state index contributed by atoms with van der Waals surface area (Å²) in [5.41, 5.74) is 0.897. The van der Waals surface area contributed by atoms with Crippen molar-refractivity contribution in [3.8, 4) is 0 Å². The summed E-state index contributed by atoms with van der Waals surface area (Å²) in [6, 6.07) is 7.39. The van der Waals surface area contributed by atoms with Crippen molar-refractivity contribution in [1.82, 2.24) is 5.32 Å². The third kappa shape index (κ3) is 2.55. The zero-order chi connectivity index (χ0) is 13.5. The monoisotopic (exact) mass is 281 g/mol. The topological polar surface area (TPSA) is 66.4 Å². The van der Waals surface area contributed by atoms with E-state index >= 15 is 0 Å². The lowest BCUT2D eigenvalue weighted by Crippen LogP contribution is -2.39. The van der Waals surface area contributed by atoms with Crippen LogP contribution in [0.15, 0.2) is 29.2 Å². The Morgan fingerprint density at radius 3 is 2.74 bits per heavy atom. The molecule has 3 rings (SSSR count). The Morgan fingerprint density at radius 2 is 2.00 bits per heavy atom. The lowest BCUT2D eigenvalue weighted by molar-refractivity contribution is 0.0417. The van der Waals surface area contributed by atoms with Gasteiger partial charge in [-0.1, -0.05) is 18.2 Å². The number of benzene rings is 1. The predicted molar refractivity (Wildman–Crippen MR) is 72.6 cm³/mol. The summed E-state index contributed by atoms with van der Waals surface area (Å²) in [7, 11) is -3.09. The van der Waals surface area contributed by atoms with E-state index in [1.807, 2.05) is 12.1 Å². The molecule has 1 aliphatic heterocycles. The first kappa shape index (κ1) is 13.1. The number of nitrogens with one attached hydrogen (secondary N) is 1. The second kappa shape index (κ2) is 4.89. The second-order valence-electron chi connectivity index (χ2n) is 5.60. The minimum atomic E-state index is -3.09. The van der Waals surface area contributed by atoms with Gasteiger partial charge in [0.05, 0.1) is 16.8 Å². The average Bonchev–Trinajstić information content (AvgIpc) is 2.35. The Morgan fingerprint density at radius 1 is 1.26 bits per heavy atom. The van der Waals surface area contributed by atoms with Crippen molar-refractivity contribution < 1.29 is 13.5 Å². The van der Waals surface area contributed by atoms with E-state index in [-0.39, 0.29) is 17.9 Å². The summed E-state index contributed by atoms with van der Waals surface area (Å²) in [6.07, 6.45) is 2.22. The van der Waals surface area contributed by atoms with Crippen molar-refractivity contribution >= 4 is 9.84 Å². The van der Waals surface area contributed by atoms with E-state index in [1.54, 1.807) is 12.1 Å². The maximum absolute atomic E-state index is 12.0. The van der Waals surface area contributed by atoms with Crippen LogP contribution in [0.25, 0.3) is 0 Å². The van der Waals surface area contributed by atoms with Gasteiger partial charge in [0.25, 0.3) is 0 Å². The van der Waals surface area contributed by atoms with Crippen LogP contribution in [-0.4, -0.2) is 31.9 Å². The second-order valence-corrected chi connectivity index (χ2v) is 7.68. The molecule has 1 aromatic carbocycles. The van der Waals surface area contributed by atoms with Gasteiger partial charge in [0.1, 0.15) is 0 Å². The van der Waals surface area contributed by atoms with Gasteiger partial charge in [-0.3, -0.25) is 0 Å². The Labute approximate surface area is 113 Å². The molecule has 2 aliphatic rings. The summed E-state index contributed by atoms with van der Waals surface area (Å²) in [5, 5.41) is 12.7. The number of rotatable bonds is 3. The molecule has 1 aliphatic carbocycles. The van der Waals surface area contributed by atoms with E-state index in [0.717, 1.165) is 24.9 Å². The van der Waals surface area contributed by atoms with Crippen LogP contribution in [0, 0.1) is 5.92 Å². The predicted octanol–water partition coefficient (Wildman–Crippen LogP) is 1.27. The molecule has 1 aromatic rings. The summed E-state index contributed by atoms with van der Waals surface area (Å²) in [5.74, 6) is 0.746. The molecule has 1 heterocycles. The molecule has 2 N–H and O–H groups in total. The maximum Gasteiger partial charge on any atom is 0.178 e. The van der Waals surface area contributed by atoms with Crippen LogP contribution in [-0.2, 0) is 9.84 Å². The van der Waals surface area contributed by atoms with Gasteiger partial charge in [-0.2, -0.15) is 0 Å². The van der Waals surface area contributed by atoms with E-state index in [9.17, 15) is 13.5 Å². The first-order chi connectivity index (χ1) is 9.06. The van der Waals surface area contributed by atoms with Crippen LogP contribution in [0.1, 0.15) is 30.9 Å². The van der Waals surface area contributed by atoms with Gasteiger partial charge in [-0.05, 0) is 43.4 Å². The molecule has 4 nitrogen and oxygen atoms in total. The van der Waals surface area contributed by atoms with Crippen LogP contribution in [0.5, 0.6) is 0 Å². The molecular formula is C14H19NO3S. The molecule has 19 heavy (non-hydrogen) atoms. The largest absolute Gasteiger partial charge is 0.393 e. The zero-order valence-electron chi connectivity index (χ0n) is 10.7. The van der Waals surface area contributed by atoms with Crippen molar-refractivity contribution in [2.45, 2.75) is 36.3 Å². The molecule has 1 unspecified atom stereocenters. The standard InChI is InChI=1S/C14H19NO3S/c16-11-7-10(8-11)9-15-13-5-6-19(17,18)14-4-2-1-3-12(13)14/h1-4,10-11,13,15-16H,5-9H2. The van der Waals surface area contributed by atoms with Crippen molar-refractivity contribution in [3.63, 3.8) is 0 Å². The van der Waals surface area contributed by atoms with Gasteiger partial charge < -0.3 is 10.4 Å². The molecule has 0 spiro atoms. The molecule has 5 heteroatoms. The zero-order valence-corrected chi connectivity index (χ0v) is 11.6. The third-order valence-electron chi connectivity index (χ3n) is 4.17. The van der Waals surface area contributed by atoms with E-state index in [0.29, 0.717) is 17.2 Å². The lowest BCUT2D eigenvalue weighted by atomic mass is 9.82. The SMILES string of the molecule is O=S1(=O)CCC(NCC2CC(O)C2)c2ccccc21. The van der Waals surface area contributed by atoms with Crippen LogP contribution in [0.2, 0.25) is 0 Å². The highest BCUT2D eigenvalue weighted by Gasteiger charge is 2.32. The fraction of sp³-hybridized carbons (Fsp3) is 0.571. The normalized spacial score (nSPS) is 32.4. The highest BCUT2D eigenvalue weighted by atomic mass is 32.2. The van der Waals surface area contributed by atoms with Crippen molar-refractivity contribution in [1.29, 1.82) is 0 Å². The van der Waals surface area contributed by atoms with Crippen LogP contribution < -0.4 is 5.32 Å².